The fourth-order valence-corrected chi connectivity index (χ4v) is 2.19. The zero-order chi connectivity index (χ0) is 14.8. The lowest BCUT2D eigenvalue weighted by atomic mass is 10.0. The fraction of sp³-hybridized carbons (Fsp3) is 0.533. The van der Waals surface area contributed by atoms with Gasteiger partial charge in [0.15, 0.2) is 0 Å². The number of ether oxygens (including phenoxy) is 2. The molecule has 5 heteroatoms. The molecule has 0 spiro atoms. The summed E-state index contributed by atoms with van der Waals surface area (Å²) >= 11 is 0. The molecule has 1 fully saturated rings. The van der Waals surface area contributed by atoms with Crippen LogP contribution in [0.5, 0.6) is 11.5 Å². The van der Waals surface area contributed by atoms with Gasteiger partial charge in [-0.3, -0.25) is 4.79 Å². The number of aliphatic hydroxyl groups is 1. The van der Waals surface area contributed by atoms with Crippen LogP contribution in [0.2, 0.25) is 0 Å². The normalized spacial score (nSPS) is 17.2. The van der Waals surface area contributed by atoms with Gasteiger partial charge in [-0.05, 0) is 37.8 Å². The molecule has 1 aromatic rings. The summed E-state index contributed by atoms with van der Waals surface area (Å²) in [5.74, 6) is 1.11. The van der Waals surface area contributed by atoms with Gasteiger partial charge in [-0.15, -0.1) is 0 Å². The lowest BCUT2D eigenvalue weighted by molar-refractivity contribution is 0.0354. The van der Waals surface area contributed by atoms with Crippen molar-refractivity contribution >= 4 is 5.91 Å². The van der Waals surface area contributed by atoms with Crippen molar-refractivity contribution in [3.63, 3.8) is 0 Å². The third kappa shape index (κ3) is 3.22. The fourth-order valence-electron chi connectivity index (χ4n) is 2.19. The maximum absolute atomic E-state index is 12.2. The van der Waals surface area contributed by atoms with E-state index in [1.165, 1.54) is 7.11 Å². The van der Waals surface area contributed by atoms with Crippen LogP contribution in [0, 0.1) is 5.92 Å². The molecule has 0 heterocycles. The van der Waals surface area contributed by atoms with E-state index in [-0.39, 0.29) is 12.5 Å². The standard InChI is InChI=1S/C15H21NO4/c1-15(18,10-4-5-10)9-16-14(17)12-7-6-11(19-2)8-13(12)20-3/h6-8,10,18H,4-5,9H2,1-3H3,(H,16,17). The Hall–Kier alpha value is -1.75. The average Bonchev–Trinajstić information content (AvgIpc) is 3.29. The van der Waals surface area contributed by atoms with E-state index >= 15 is 0 Å². The number of hydrogen-bond donors (Lipinski definition) is 2. The third-order valence-corrected chi connectivity index (χ3v) is 3.72. The van der Waals surface area contributed by atoms with Crippen molar-refractivity contribution in [1.29, 1.82) is 0 Å². The largest absolute Gasteiger partial charge is 0.497 e. The number of hydrogen-bond acceptors (Lipinski definition) is 4. The highest BCUT2D eigenvalue weighted by Crippen LogP contribution is 2.39. The van der Waals surface area contributed by atoms with Crippen LogP contribution in [-0.4, -0.2) is 37.4 Å². The quantitative estimate of drug-likeness (QED) is 0.830. The predicted molar refractivity (Wildman–Crippen MR) is 75.2 cm³/mol. The van der Waals surface area contributed by atoms with Crippen LogP contribution in [0.1, 0.15) is 30.1 Å². The number of carbonyl (C=O) groups is 1. The van der Waals surface area contributed by atoms with Gasteiger partial charge < -0.3 is 19.9 Å². The molecule has 0 bridgehead atoms. The first-order valence-corrected chi connectivity index (χ1v) is 6.70. The zero-order valence-corrected chi connectivity index (χ0v) is 12.1. The molecule has 2 rings (SSSR count). The van der Waals surface area contributed by atoms with E-state index in [1.807, 2.05) is 0 Å². The molecule has 0 aromatic heterocycles. The van der Waals surface area contributed by atoms with Crippen LogP contribution in [0.15, 0.2) is 18.2 Å². The molecular formula is C15H21NO4. The highest BCUT2D eigenvalue weighted by Gasteiger charge is 2.40. The lowest BCUT2D eigenvalue weighted by Crippen LogP contribution is -2.42. The molecular weight excluding hydrogens is 258 g/mol. The summed E-state index contributed by atoms with van der Waals surface area (Å²) in [6.07, 6.45) is 2.05. The second-order valence-electron chi connectivity index (χ2n) is 5.38. The SMILES string of the molecule is COc1ccc(C(=O)NCC(C)(O)C2CC2)c(OC)c1. The van der Waals surface area contributed by atoms with Crippen LogP contribution in [-0.2, 0) is 0 Å². The summed E-state index contributed by atoms with van der Waals surface area (Å²) in [5, 5.41) is 13.0. The van der Waals surface area contributed by atoms with Gasteiger partial charge in [0, 0.05) is 12.6 Å². The van der Waals surface area contributed by atoms with Gasteiger partial charge in [0.05, 0.1) is 25.4 Å². The topological polar surface area (TPSA) is 67.8 Å². The third-order valence-electron chi connectivity index (χ3n) is 3.72. The van der Waals surface area contributed by atoms with E-state index in [1.54, 1.807) is 32.2 Å². The molecule has 110 valence electrons. The first-order valence-electron chi connectivity index (χ1n) is 6.70. The van der Waals surface area contributed by atoms with Gasteiger partial charge in [0.2, 0.25) is 0 Å². The summed E-state index contributed by atoms with van der Waals surface area (Å²) in [6.45, 7) is 2.00. The summed E-state index contributed by atoms with van der Waals surface area (Å²) in [6, 6.07) is 5.02. The van der Waals surface area contributed by atoms with Crippen LogP contribution in [0.25, 0.3) is 0 Å². The van der Waals surface area contributed by atoms with Gasteiger partial charge >= 0.3 is 0 Å². The van der Waals surface area contributed by atoms with Crippen molar-refractivity contribution in [2.75, 3.05) is 20.8 Å². The second-order valence-corrected chi connectivity index (χ2v) is 5.38. The molecule has 5 nitrogen and oxygen atoms in total. The van der Waals surface area contributed by atoms with Gasteiger partial charge in [-0.2, -0.15) is 0 Å². The molecule has 0 radical (unpaired) electrons. The van der Waals surface area contributed by atoms with Gasteiger partial charge in [-0.25, -0.2) is 0 Å². The van der Waals surface area contributed by atoms with E-state index in [0.29, 0.717) is 23.0 Å². The van der Waals surface area contributed by atoms with Crippen molar-refractivity contribution in [2.45, 2.75) is 25.4 Å². The maximum Gasteiger partial charge on any atom is 0.255 e. The molecule has 1 amide bonds. The van der Waals surface area contributed by atoms with Gasteiger partial charge in [-0.1, -0.05) is 0 Å². The van der Waals surface area contributed by atoms with E-state index in [0.717, 1.165) is 12.8 Å². The monoisotopic (exact) mass is 279 g/mol. The van der Waals surface area contributed by atoms with Crippen LogP contribution >= 0.6 is 0 Å². The molecule has 1 aliphatic rings. The van der Waals surface area contributed by atoms with Crippen molar-refractivity contribution in [1.82, 2.24) is 5.32 Å². The average molecular weight is 279 g/mol. The predicted octanol–water partition coefficient (Wildman–Crippen LogP) is 1.59. The Morgan fingerprint density at radius 2 is 2.10 bits per heavy atom. The number of methoxy groups -OCH3 is 2. The Bertz CT molecular complexity index is 495. The van der Waals surface area contributed by atoms with Gasteiger partial charge in [0.1, 0.15) is 11.5 Å². The highest BCUT2D eigenvalue weighted by molar-refractivity contribution is 5.97. The Morgan fingerprint density at radius 3 is 2.65 bits per heavy atom. The molecule has 2 N–H and O–H groups in total. The minimum atomic E-state index is -0.838. The Labute approximate surface area is 118 Å². The van der Waals surface area contributed by atoms with Gasteiger partial charge in [0.25, 0.3) is 5.91 Å². The van der Waals surface area contributed by atoms with E-state index in [9.17, 15) is 9.90 Å². The minimum Gasteiger partial charge on any atom is -0.497 e. The maximum atomic E-state index is 12.2. The molecule has 1 saturated carbocycles. The Morgan fingerprint density at radius 1 is 1.40 bits per heavy atom. The molecule has 1 aromatic carbocycles. The van der Waals surface area contributed by atoms with Crippen LogP contribution in [0.3, 0.4) is 0 Å². The number of benzene rings is 1. The van der Waals surface area contributed by atoms with Crippen molar-refractivity contribution in [3.8, 4) is 11.5 Å². The summed E-state index contributed by atoms with van der Waals surface area (Å²) < 4.78 is 10.3. The smallest absolute Gasteiger partial charge is 0.255 e. The summed E-state index contributed by atoms with van der Waals surface area (Å²) in [5.41, 5.74) is -0.407. The first kappa shape index (κ1) is 14.7. The molecule has 0 saturated heterocycles. The lowest BCUT2D eigenvalue weighted by Gasteiger charge is -2.23. The second kappa shape index (κ2) is 5.71. The molecule has 0 aliphatic heterocycles. The number of rotatable bonds is 6. The molecule has 20 heavy (non-hydrogen) atoms. The minimum absolute atomic E-state index is 0.242. The molecule has 1 aliphatic carbocycles. The first-order chi connectivity index (χ1) is 9.47. The number of nitrogens with one attached hydrogen (secondary N) is 1. The highest BCUT2D eigenvalue weighted by atomic mass is 16.5. The Kier molecular flexibility index (Phi) is 4.18. The van der Waals surface area contributed by atoms with Crippen molar-refractivity contribution in [2.24, 2.45) is 5.92 Å². The Balaban J connectivity index is 2.05. The van der Waals surface area contributed by atoms with Crippen LogP contribution in [0.4, 0.5) is 0 Å². The van der Waals surface area contributed by atoms with Crippen molar-refractivity contribution < 1.29 is 19.4 Å². The zero-order valence-electron chi connectivity index (χ0n) is 12.1. The number of carbonyl (C=O) groups excluding carboxylic acids is 1. The number of amides is 1. The molecule has 1 unspecified atom stereocenters. The summed E-state index contributed by atoms with van der Waals surface area (Å²) in [7, 11) is 3.06. The summed E-state index contributed by atoms with van der Waals surface area (Å²) in [4.78, 5) is 12.2. The molecule has 1 atom stereocenters. The van der Waals surface area contributed by atoms with Crippen LogP contribution < -0.4 is 14.8 Å². The van der Waals surface area contributed by atoms with E-state index in [2.05, 4.69) is 5.32 Å². The van der Waals surface area contributed by atoms with E-state index < -0.39 is 5.60 Å². The van der Waals surface area contributed by atoms with Crippen molar-refractivity contribution in [3.05, 3.63) is 23.8 Å². The van der Waals surface area contributed by atoms with E-state index in [4.69, 9.17) is 9.47 Å².